The predicted octanol–water partition coefficient (Wildman–Crippen LogP) is 3.23. The highest BCUT2D eigenvalue weighted by molar-refractivity contribution is 9.11. The van der Waals surface area contributed by atoms with Crippen LogP contribution in [0.2, 0.25) is 0 Å². The Morgan fingerprint density at radius 3 is 2.55 bits per heavy atom. The van der Waals surface area contributed by atoms with Crippen molar-refractivity contribution in [3.63, 3.8) is 0 Å². The summed E-state index contributed by atoms with van der Waals surface area (Å²) in [4.78, 5) is 12.8. The molecule has 0 saturated carbocycles. The van der Waals surface area contributed by atoms with Crippen LogP contribution in [0.25, 0.3) is 0 Å². The predicted molar refractivity (Wildman–Crippen MR) is 89.7 cm³/mol. The first kappa shape index (κ1) is 15.9. The Kier molecular flexibility index (Phi) is 5.17. The Hall–Kier alpha value is -0.500. The third-order valence-corrected chi connectivity index (χ3v) is 4.97. The van der Waals surface area contributed by atoms with Crippen molar-refractivity contribution >= 4 is 60.7 Å². The van der Waals surface area contributed by atoms with E-state index in [1.807, 2.05) is 18.2 Å². The van der Waals surface area contributed by atoms with Crippen LogP contribution in [0.4, 0.5) is 5.69 Å². The molecule has 0 bridgehead atoms. The van der Waals surface area contributed by atoms with Crippen molar-refractivity contribution in [1.29, 1.82) is 0 Å². The number of halogens is 2. The van der Waals surface area contributed by atoms with Crippen LogP contribution in [0.1, 0.15) is 12.8 Å². The summed E-state index contributed by atoms with van der Waals surface area (Å²) in [7, 11) is 0. The van der Waals surface area contributed by atoms with Crippen LogP contribution < -0.4 is 11.1 Å². The molecular weight excluding hydrogens is 408 g/mol. The van der Waals surface area contributed by atoms with E-state index in [-0.39, 0.29) is 10.9 Å². The highest BCUT2D eigenvalue weighted by atomic mass is 79.9. The average molecular weight is 422 g/mol. The first-order chi connectivity index (χ1) is 9.45. The molecule has 0 spiro atoms. The number of rotatable bonds is 3. The van der Waals surface area contributed by atoms with Gasteiger partial charge in [0.1, 0.15) is 5.41 Å². The molecule has 1 aliphatic rings. The molecule has 1 saturated heterocycles. The van der Waals surface area contributed by atoms with Crippen LogP contribution >= 0.6 is 44.1 Å². The number of carbonyl (C=O) groups excluding carboxylic acids is 1. The normalized spacial score (nSPS) is 17.5. The van der Waals surface area contributed by atoms with Crippen molar-refractivity contribution in [2.75, 3.05) is 18.5 Å². The van der Waals surface area contributed by atoms with Gasteiger partial charge < -0.3 is 15.8 Å². The lowest BCUT2D eigenvalue weighted by Crippen LogP contribution is -2.49. The second-order valence-corrected chi connectivity index (χ2v) is 6.85. The van der Waals surface area contributed by atoms with Crippen LogP contribution in [-0.4, -0.2) is 24.1 Å². The van der Waals surface area contributed by atoms with Gasteiger partial charge in [-0.1, -0.05) is 28.1 Å². The molecule has 0 unspecified atom stereocenters. The summed E-state index contributed by atoms with van der Waals surface area (Å²) in [5.41, 5.74) is 5.69. The summed E-state index contributed by atoms with van der Waals surface area (Å²) in [5.74, 6) is -0.170. The van der Waals surface area contributed by atoms with Crippen LogP contribution in [-0.2, 0) is 9.53 Å². The highest BCUT2D eigenvalue weighted by Crippen LogP contribution is 2.34. The minimum absolute atomic E-state index is 0.170. The number of benzene rings is 1. The fraction of sp³-hybridized carbons (Fsp3) is 0.385. The van der Waals surface area contributed by atoms with Gasteiger partial charge in [-0.15, -0.1) is 0 Å². The van der Waals surface area contributed by atoms with Gasteiger partial charge in [0.15, 0.2) is 0 Å². The topological polar surface area (TPSA) is 64.4 Å². The molecule has 0 aromatic heterocycles. The summed E-state index contributed by atoms with van der Waals surface area (Å²) in [6.45, 7) is 0.985. The van der Waals surface area contributed by atoms with E-state index < -0.39 is 5.41 Å². The number of thiocarbonyl (C=S) groups is 1. The van der Waals surface area contributed by atoms with E-state index in [0.717, 1.165) is 8.95 Å². The maximum atomic E-state index is 12.6. The van der Waals surface area contributed by atoms with E-state index in [4.69, 9.17) is 22.7 Å². The first-order valence-corrected chi connectivity index (χ1v) is 8.09. The van der Waals surface area contributed by atoms with Gasteiger partial charge in [0.05, 0.1) is 10.7 Å². The van der Waals surface area contributed by atoms with Gasteiger partial charge in [0.2, 0.25) is 5.91 Å². The Bertz CT molecular complexity index is 545. The van der Waals surface area contributed by atoms with Gasteiger partial charge in [-0.05, 0) is 47.0 Å². The number of hydrogen-bond acceptors (Lipinski definition) is 3. The Labute approximate surface area is 139 Å². The van der Waals surface area contributed by atoms with Crippen LogP contribution in [0.15, 0.2) is 27.1 Å². The SMILES string of the molecule is NC(=S)C1(C(=O)Nc2ccc(Br)cc2Br)CCOCC1. The number of anilines is 1. The number of nitrogens with two attached hydrogens (primary N) is 1. The molecule has 2 rings (SSSR count). The fourth-order valence-electron chi connectivity index (χ4n) is 2.14. The monoisotopic (exact) mass is 420 g/mol. The van der Waals surface area contributed by atoms with Crippen LogP contribution in [0, 0.1) is 5.41 Å². The minimum atomic E-state index is -0.819. The lowest BCUT2D eigenvalue weighted by molar-refractivity contribution is -0.126. The molecule has 1 amide bonds. The number of carbonyl (C=O) groups is 1. The maximum absolute atomic E-state index is 12.6. The molecular formula is C13H14Br2N2O2S. The van der Waals surface area contributed by atoms with Gasteiger partial charge in [-0.3, -0.25) is 4.79 Å². The van der Waals surface area contributed by atoms with E-state index in [2.05, 4.69) is 37.2 Å². The third-order valence-electron chi connectivity index (χ3n) is 3.43. The standard InChI is InChI=1S/C13H14Br2N2O2S/c14-8-1-2-10(9(15)7-8)17-12(18)13(11(16)20)3-5-19-6-4-13/h1-2,7H,3-6H2,(H2,16,20)(H,17,18). The minimum Gasteiger partial charge on any atom is -0.392 e. The molecule has 4 nitrogen and oxygen atoms in total. The number of ether oxygens (including phenoxy) is 1. The Morgan fingerprint density at radius 2 is 2.00 bits per heavy atom. The van der Waals surface area contributed by atoms with Gasteiger partial charge in [-0.2, -0.15) is 0 Å². The summed E-state index contributed by atoms with van der Waals surface area (Å²) < 4.78 is 7.03. The van der Waals surface area contributed by atoms with E-state index >= 15 is 0 Å². The van der Waals surface area contributed by atoms with Crippen molar-refractivity contribution < 1.29 is 9.53 Å². The van der Waals surface area contributed by atoms with Gasteiger partial charge in [0.25, 0.3) is 0 Å². The quantitative estimate of drug-likeness (QED) is 0.735. The third kappa shape index (κ3) is 3.21. The van der Waals surface area contributed by atoms with Gasteiger partial charge in [0, 0.05) is 22.2 Å². The molecule has 1 aromatic carbocycles. The van der Waals surface area contributed by atoms with E-state index in [9.17, 15) is 4.79 Å². The van der Waals surface area contributed by atoms with Crippen molar-refractivity contribution in [3.05, 3.63) is 27.1 Å². The number of amides is 1. The molecule has 108 valence electrons. The van der Waals surface area contributed by atoms with E-state index in [1.54, 1.807) is 0 Å². The summed E-state index contributed by atoms with van der Waals surface area (Å²) >= 11 is 11.9. The zero-order valence-corrected chi connectivity index (χ0v) is 14.6. The first-order valence-electron chi connectivity index (χ1n) is 6.10. The molecule has 20 heavy (non-hydrogen) atoms. The second-order valence-electron chi connectivity index (χ2n) is 4.64. The lowest BCUT2D eigenvalue weighted by Gasteiger charge is -2.34. The summed E-state index contributed by atoms with van der Waals surface area (Å²) in [5, 5.41) is 2.90. The van der Waals surface area contributed by atoms with Crippen molar-refractivity contribution in [2.24, 2.45) is 11.1 Å². The molecule has 1 aliphatic heterocycles. The van der Waals surface area contributed by atoms with Gasteiger partial charge in [-0.25, -0.2) is 0 Å². The molecule has 1 aromatic rings. The van der Waals surface area contributed by atoms with Crippen LogP contribution in [0.3, 0.4) is 0 Å². The molecule has 0 atom stereocenters. The van der Waals surface area contributed by atoms with Gasteiger partial charge >= 0.3 is 0 Å². The zero-order valence-electron chi connectivity index (χ0n) is 10.6. The zero-order chi connectivity index (χ0) is 14.8. The van der Waals surface area contributed by atoms with Crippen LogP contribution in [0.5, 0.6) is 0 Å². The van der Waals surface area contributed by atoms with Crippen molar-refractivity contribution in [1.82, 2.24) is 0 Å². The lowest BCUT2D eigenvalue weighted by atomic mass is 9.79. The molecule has 7 heteroatoms. The molecule has 0 aliphatic carbocycles. The summed E-state index contributed by atoms with van der Waals surface area (Å²) in [6.07, 6.45) is 1.03. The summed E-state index contributed by atoms with van der Waals surface area (Å²) in [6, 6.07) is 5.55. The van der Waals surface area contributed by atoms with E-state index in [1.165, 1.54) is 0 Å². The van der Waals surface area contributed by atoms with Crippen molar-refractivity contribution in [2.45, 2.75) is 12.8 Å². The largest absolute Gasteiger partial charge is 0.392 e. The van der Waals surface area contributed by atoms with E-state index in [0.29, 0.717) is 31.7 Å². The second kappa shape index (κ2) is 6.51. The fourth-order valence-corrected chi connectivity index (χ4v) is 3.58. The number of nitrogens with one attached hydrogen (secondary N) is 1. The molecule has 1 fully saturated rings. The average Bonchev–Trinajstić information content (AvgIpc) is 2.42. The Morgan fingerprint density at radius 1 is 1.35 bits per heavy atom. The molecule has 3 N–H and O–H groups in total. The number of hydrogen-bond donors (Lipinski definition) is 2. The molecule has 1 heterocycles. The van der Waals surface area contributed by atoms with Crippen molar-refractivity contribution in [3.8, 4) is 0 Å². The Balaban J connectivity index is 2.22. The highest BCUT2D eigenvalue weighted by Gasteiger charge is 2.43. The smallest absolute Gasteiger partial charge is 0.237 e. The maximum Gasteiger partial charge on any atom is 0.237 e. The molecule has 0 radical (unpaired) electrons.